The summed E-state index contributed by atoms with van der Waals surface area (Å²) in [5.74, 6) is 0.816. The van der Waals surface area contributed by atoms with Gasteiger partial charge in [0.05, 0.1) is 13.2 Å². The number of aromatic amines is 1. The Hall–Kier alpha value is -1.99. The Labute approximate surface area is 118 Å². The molecule has 1 unspecified atom stereocenters. The van der Waals surface area contributed by atoms with Crippen molar-refractivity contribution >= 4 is 10.9 Å². The zero-order valence-corrected chi connectivity index (χ0v) is 11.6. The molecule has 1 heterocycles. The van der Waals surface area contributed by atoms with E-state index in [2.05, 4.69) is 16.4 Å². The second-order valence-electron chi connectivity index (χ2n) is 5.37. The lowest BCUT2D eigenvalue weighted by Gasteiger charge is -2.16. The molecule has 4 nitrogen and oxygen atoms in total. The lowest BCUT2D eigenvalue weighted by Crippen LogP contribution is -2.29. The van der Waals surface area contributed by atoms with Crippen molar-refractivity contribution in [3.8, 4) is 11.8 Å². The minimum absolute atomic E-state index is 0.265. The van der Waals surface area contributed by atoms with Crippen LogP contribution in [-0.4, -0.2) is 18.1 Å². The number of methoxy groups -OCH3 is 1. The summed E-state index contributed by atoms with van der Waals surface area (Å²) in [6, 6.07) is 8.49. The van der Waals surface area contributed by atoms with Gasteiger partial charge in [-0.3, -0.25) is 5.32 Å². The minimum Gasteiger partial charge on any atom is -0.497 e. The van der Waals surface area contributed by atoms with Crippen LogP contribution in [0.15, 0.2) is 24.4 Å². The highest BCUT2D eigenvalue weighted by Crippen LogP contribution is 2.29. The standard InChI is InChI=1S/C16H19N3O/c1-20-12-6-7-15-13(8-12)14(10-18-15)16(9-17)19-11-4-2-3-5-11/h6-8,10-11,16,18-19H,2-5H2,1H3. The van der Waals surface area contributed by atoms with E-state index in [4.69, 9.17) is 4.74 Å². The first-order valence-corrected chi connectivity index (χ1v) is 7.12. The van der Waals surface area contributed by atoms with Gasteiger partial charge >= 0.3 is 0 Å². The highest BCUT2D eigenvalue weighted by molar-refractivity contribution is 5.85. The third-order valence-corrected chi connectivity index (χ3v) is 4.12. The van der Waals surface area contributed by atoms with E-state index in [-0.39, 0.29) is 6.04 Å². The number of nitriles is 1. The lowest BCUT2D eigenvalue weighted by atomic mass is 10.1. The monoisotopic (exact) mass is 269 g/mol. The van der Waals surface area contributed by atoms with E-state index in [1.807, 2.05) is 24.4 Å². The van der Waals surface area contributed by atoms with Gasteiger partial charge in [-0.25, -0.2) is 0 Å². The molecule has 1 aromatic heterocycles. The van der Waals surface area contributed by atoms with Gasteiger partial charge in [-0.05, 0) is 31.0 Å². The second kappa shape index (κ2) is 5.56. The molecule has 1 atom stereocenters. The smallest absolute Gasteiger partial charge is 0.123 e. The number of hydrogen-bond acceptors (Lipinski definition) is 3. The third-order valence-electron chi connectivity index (χ3n) is 4.12. The third kappa shape index (κ3) is 2.37. The van der Waals surface area contributed by atoms with Crippen molar-refractivity contribution in [2.24, 2.45) is 0 Å². The van der Waals surface area contributed by atoms with Crippen LogP contribution in [0.3, 0.4) is 0 Å². The fourth-order valence-corrected chi connectivity index (χ4v) is 3.01. The molecule has 0 aliphatic heterocycles. The Bertz CT molecular complexity index is 635. The van der Waals surface area contributed by atoms with Crippen LogP contribution in [-0.2, 0) is 0 Å². The number of hydrogen-bond donors (Lipinski definition) is 2. The summed E-state index contributed by atoms with van der Waals surface area (Å²) in [5.41, 5.74) is 2.04. The van der Waals surface area contributed by atoms with Crippen LogP contribution < -0.4 is 10.1 Å². The van der Waals surface area contributed by atoms with Gasteiger partial charge in [0.1, 0.15) is 11.8 Å². The number of benzene rings is 1. The molecule has 3 rings (SSSR count). The van der Waals surface area contributed by atoms with Crippen LogP contribution in [0.4, 0.5) is 0 Å². The maximum Gasteiger partial charge on any atom is 0.123 e. The van der Waals surface area contributed by atoms with E-state index in [0.717, 1.165) is 22.2 Å². The van der Waals surface area contributed by atoms with E-state index < -0.39 is 0 Å². The molecule has 1 saturated carbocycles. The van der Waals surface area contributed by atoms with Crippen LogP contribution >= 0.6 is 0 Å². The molecule has 1 fully saturated rings. The molecule has 104 valence electrons. The molecular weight excluding hydrogens is 250 g/mol. The largest absolute Gasteiger partial charge is 0.497 e. The molecular formula is C16H19N3O. The number of H-pyrrole nitrogens is 1. The summed E-state index contributed by atoms with van der Waals surface area (Å²) >= 11 is 0. The highest BCUT2D eigenvalue weighted by Gasteiger charge is 2.22. The Balaban J connectivity index is 1.92. The summed E-state index contributed by atoms with van der Waals surface area (Å²) in [4.78, 5) is 3.23. The van der Waals surface area contributed by atoms with Gasteiger partial charge in [0.2, 0.25) is 0 Å². The molecule has 2 N–H and O–H groups in total. The number of rotatable bonds is 4. The summed E-state index contributed by atoms with van der Waals surface area (Å²) in [5, 5.41) is 14.0. The molecule has 1 aliphatic rings. The molecule has 0 saturated heterocycles. The van der Waals surface area contributed by atoms with Gasteiger partial charge in [0, 0.05) is 28.7 Å². The average molecular weight is 269 g/mol. The number of aromatic nitrogens is 1. The quantitative estimate of drug-likeness (QED) is 0.895. The molecule has 4 heteroatoms. The van der Waals surface area contributed by atoms with E-state index in [9.17, 15) is 5.26 Å². The van der Waals surface area contributed by atoms with Crippen molar-refractivity contribution in [1.82, 2.24) is 10.3 Å². The molecule has 1 aromatic carbocycles. The van der Waals surface area contributed by atoms with Crippen molar-refractivity contribution in [3.63, 3.8) is 0 Å². The van der Waals surface area contributed by atoms with Crippen LogP contribution in [0.2, 0.25) is 0 Å². The first-order valence-electron chi connectivity index (χ1n) is 7.12. The normalized spacial score (nSPS) is 17.2. The lowest BCUT2D eigenvalue weighted by molar-refractivity contribution is 0.415. The van der Waals surface area contributed by atoms with E-state index in [0.29, 0.717) is 6.04 Å². The highest BCUT2D eigenvalue weighted by atomic mass is 16.5. The zero-order valence-electron chi connectivity index (χ0n) is 11.6. The van der Waals surface area contributed by atoms with Crippen LogP contribution in [0.25, 0.3) is 10.9 Å². The topological polar surface area (TPSA) is 60.8 Å². The summed E-state index contributed by atoms with van der Waals surface area (Å²) in [7, 11) is 1.66. The van der Waals surface area contributed by atoms with Crippen molar-refractivity contribution in [2.45, 2.75) is 37.8 Å². The predicted molar refractivity (Wildman–Crippen MR) is 78.6 cm³/mol. The van der Waals surface area contributed by atoms with Crippen molar-refractivity contribution < 1.29 is 4.74 Å². The average Bonchev–Trinajstić information content (AvgIpc) is 3.13. The van der Waals surface area contributed by atoms with Crippen molar-refractivity contribution in [1.29, 1.82) is 5.26 Å². The second-order valence-corrected chi connectivity index (χ2v) is 5.37. The Morgan fingerprint density at radius 1 is 1.40 bits per heavy atom. The molecule has 0 radical (unpaired) electrons. The Morgan fingerprint density at radius 2 is 2.20 bits per heavy atom. The van der Waals surface area contributed by atoms with E-state index in [1.54, 1.807) is 7.11 Å². The van der Waals surface area contributed by atoms with Gasteiger partial charge in [0.25, 0.3) is 0 Å². The summed E-state index contributed by atoms with van der Waals surface area (Å²) in [6.45, 7) is 0. The van der Waals surface area contributed by atoms with Gasteiger partial charge in [-0.15, -0.1) is 0 Å². The molecule has 20 heavy (non-hydrogen) atoms. The number of fused-ring (bicyclic) bond motifs is 1. The number of nitrogens with one attached hydrogen (secondary N) is 2. The van der Waals surface area contributed by atoms with Gasteiger partial charge in [-0.2, -0.15) is 5.26 Å². The van der Waals surface area contributed by atoms with E-state index in [1.165, 1.54) is 25.7 Å². The first kappa shape index (κ1) is 13.0. The van der Waals surface area contributed by atoms with Crippen molar-refractivity contribution in [2.75, 3.05) is 7.11 Å². The molecule has 2 aromatic rings. The Kier molecular flexibility index (Phi) is 3.62. The van der Waals surface area contributed by atoms with E-state index >= 15 is 0 Å². The van der Waals surface area contributed by atoms with Crippen LogP contribution in [0, 0.1) is 11.3 Å². The maximum atomic E-state index is 9.49. The minimum atomic E-state index is -0.265. The van der Waals surface area contributed by atoms with Crippen molar-refractivity contribution in [3.05, 3.63) is 30.0 Å². The predicted octanol–water partition coefficient (Wildman–Crippen LogP) is 3.27. The number of ether oxygens (including phenoxy) is 1. The molecule has 0 amide bonds. The maximum absolute atomic E-state index is 9.49. The number of nitrogens with zero attached hydrogens (tertiary/aromatic N) is 1. The van der Waals surface area contributed by atoms with Crippen LogP contribution in [0.5, 0.6) is 5.75 Å². The van der Waals surface area contributed by atoms with Gasteiger partial charge in [0.15, 0.2) is 0 Å². The molecule has 0 spiro atoms. The van der Waals surface area contributed by atoms with Gasteiger partial charge < -0.3 is 9.72 Å². The zero-order chi connectivity index (χ0) is 13.9. The fourth-order valence-electron chi connectivity index (χ4n) is 3.01. The molecule has 0 bridgehead atoms. The Morgan fingerprint density at radius 3 is 2.90 bits per heavy atom. The van der Waals surface area contributed by atoms with Gasteiger partial charge in [-0.1, -0.05) is 12.8 Å². The first-order chi connectivity index (χ1) is 9.81. The SMILES string of the molecule is COc1ccc2[nH]cc(C(C#N)NC3CCCC3)c2c1. The summed E-state index contributed by atoms with van der Waals surface area (Å²) in [6.07, 6.45) is 6.79. The summed E-state index contributed by atoms with van der Waals surface area (Å²) < 4.78 is 5.28. The fraction of sp³-hybridized carbons (Fsp3) is 0.438. The van der Waals surface area contributed by atoms with Crippen LogP contribution in [0.1, 0.15) is 37.3 Å². The molecule has 1 aliphatic carbocycles.